The van der Waals surface area contributed by atoms with Crippen LogP contribution in [0, 0.1) is 13.8 Å². The normalized spacial score (nSPS) is 10.7. The summed E-state index contributed by atoms with van der Waals surface area (Å²) in [6, 6.07) is 5.01. The van der Waals surface area contributed by atoms with E-state index >= 15 is 0 Å². The van der Waals surface area contributed by atoms with Gasteiger partial charge in [0.2, 0.25) is 0 Å². The molecule has 5 nitrogen and oxygen atoms in total. The fourth-order valence-electron chi connectivity index (χ4n) is 2.24. The highest BCUT2D eigenvalue weighted by molar-refractivity contribution is 5.85. The van der Waals surface area contributed by atoms with Gasteiger partial charge in [-0.05, 0) is 38.0 Å². The number of nitrogens with zero attached hydrogens (tertiary/aromatic N) is 3. The maximum absolute atomic E-state index is 10.9. The SMILES string of the molecule is CCc1c(C)nn(Cc2cccc(C(=O)O)n2)c1C. The Hall–Kier alpha value is -2.17. The number of carboxylic acid groups (broad SMARTS) is 1. The lowest BCUT2D eigenvalue weighted by atomic mass is 10.1. The van der Waals surface area contributed by atoms with Crippen LogP contribution in [-0.2, 0) is 13.0 Å². The van der Waals surface area contributed by atoms with Gasteiger partial charge in [0.15, 0.2) is 0 Å². The summed E-state index contributed by atoms with van der Waals surface area (Å²) in [5.74, 6) is -1.01. The molecule has 0 saturated heterocycles. The van der Waals surface area contributed by atoms with Crippen molar-refractivity contribution in [1.82, 2.24) is 14.8 Å². The van der Waals surface area contributed by atoms with Gasteiger partial charge < -0.3 is 5.11 Å². The molecule has 0 spiro atoms. The third kappa shape index (κ3) is 2.65. The smallest absolute Gasteiger partial charge is 0.354 e. The minimum Gasteiger partial charge on any atom is -0.477 e. The Bertz CT molecular complexity index is 617. The summed E-state index contributed by atoms with van der Waals surface area (Å²) >= 11 is 0. The molecule has 0 fully saturated rings. The van der Waals surface area contributed by atoms with Crippen molar-refractivity contribution in [3.05, 3.63) is 46.5 Å². The van der Waals surface area contributed by atoms with Crippen LogP contribution in [0.25, 0.3) is 0 Å². The fraction of sp³-hybridized carbons (Fsp3) is 0.357. The summed E-state index contributed by atoms with van der Waals surface area (Å²) in [4.78, 5) is 15.0. The predicted octanol–water partition coefficient (Wildman–Crippen LogP) is 2.20. The van der Waals surface area contributed by atoms with Crippen molar-refractivity contribution < 1.29 is 9.90 Å². The monoisotopic (exact) mass is 259 g/mol. The molecule has 0 aliphatic heterocycles. The van der Waals surface area contributed by atoms with Gasteiger partial charge >= 0.3 is 5.97 Å². The van der Waals surface area contributed by atoms with E-state index < -0.39 is 5.97 Å². The number of pyridine rings is 1. The van der Waals surface area contributed by atoms with Gasteiger partial charge in [0.25, 0.3) is 0 Å². The van der Waals surface area contributed by atoms with E-state index in [2.05, 4.69) is 17.0 Å². The maximum Gasteiger partial charge on any atom is 0.354 e. The number of aryl methyl sites for hydroxylation is 1. The first-order valence-corrected chi connectivity index (χ1v) is 6.25. The van der Waals surface area contributed by atoms with Gasteiger partial charge in [-0.25, -0.2) is 9.78 Å². The molecular weight excluding hydrogens is 242 g/mol. The fourth-order valence-corrected chi connectivity index (χ4v) is 2.24. The quantitative estimate of drug-likeness (QED) is 0.914. The molecule has 0 amide bonds. The Morgan fingerprint density at radius 3 is 2.68 bits per heavy atom. The first-order chi connectivity index (χ1) is 9.02. The minimum absolute atomic E-state index is 0.0646. The molecule has 0 aromatic carbocycles. The lowest BCUT2D eigenvalue weighted by molar-refractivity contribution is 0.0690. The summed E-state index contributed by atoms with van der Waals surface area (Å²) in [6.45, 7) is 6.61. The molecule has 0 aliphatic carbocycles. The van der Waals surface area contributed by atoms with Crippen LogP contribution in [0.1, 0.15) is 40.1 Å². The van der Waals surface area contributed by atoms with Gasteiger partial charge in [-0.3, -0.25) is 4.68 Å². The lowest BCUT2D eigenvalue weighted by Gasteiger charge is -2.05. The van der Waals surface area contributed by atoms with Crippen molar-refractivity contribution in [2.24, 2.45) is 0 Å². The number of hydrogen-bond acceptors (Lipinski definition) is 3. The molecule has 0 radical (unpaired) electrons. The second-order valence-electron chi connectivity index (χ2n) is 4.48. The molecule has 1 N–H and O–H groups in total. The number of aromatic nitrogens is 3. The van der Waals surface area contributed by atoms with Crippen molar-refractivity contribution in [2.45, 2.75) is 33.7 Å². The first-order valence-electron chi connectivity index (χ1n) is 6.25. The van der Waals surface area contributed by atoms with Crippen LogP contribution in [0.5, 0.6) is 0 Å². The molecule has 19 heavy (non-hydrogen) atoms. The second-order valence-corrected chi connectivity index (χ2v) is 4.48. The van der Waals surface area contributed by atoms with Gasteiger partial charge in [0.1, 0.15) is 5.69 Å². The van der Waals surface area contributed by atoms with Gasteiger partial charge in [-0.2, -0.15) is 5.10 Å². The molecule has 2 rings (SSSR count). The standard InChI is InChI=1S/C14H17N3O2/c1-4-12-9(2)16-17(10(12)3)8-11-6-5-7-13(15-11)14(18)19/h5-7H,4,8H2,1-3H3,(H,18,19). The van der Waals surface area contributed by atoms with Crippen molar-refractivity contribution in [1.29, 1.82) is 0 Å². The van der Waals surface area contributed by atoms with E-state index in [1.807, 2.05) is 24.6 Å². The minimum atomic E-state index is -1.01. The van der Waals surface area contributed by atoms with Crippen LogP contribution < -0.4 is 0 Å². The highest BCUT2D eigenvalue weighted by Gasteiger charge is 2.11. The number of rotatable bonds is 4. The van der Waals surface area contributed by atoms with E-state index in [1.165, 1.54) is 11.6 Å². The molecule has 0 aliphatic rings. The molecule has 100 valence electrons. The average molecular weight is 259 g/mol. The molecule has 2 aromatic heterocycles. The molecule has 0 atom stereocenters. The Balaban J connectivity index is 2.31. The van der Waals surface area contributed by atoms with E-state index in [0.29, 0.717) is 12.2 Å². The van der Waals surface area contributed by atoms with Crippen LogP contribution in [0.4, 0.5) is 0 Å². The molecule has 2 heterocycles. The van der Waals surface area contributed by atoms with Gasteiger partial charge in [0, 0.05) is 5.69 Å². The molecule has 5 heteroatoms. The Morgan fingerprint density at radius 1 is 1.37 bits per heavy atom. The predicted molar refractivity (Wildman–Crippen MR) is 71.4 cm³/mol. The van der Waals surface area contributed by atoms with Gasteiger partial charge in [-0.1, -0.05) is 13.0 Å². The number of hydrogen-bond donors (Lipinski definition) is 1. The third-order valence-electron chi connectivity index (χ3n) is 3.22. The molecule has 0 unspecified atom stereocenters. The lowest BCUT2D eigenvalue weighted by Crippen LogP contribution is -2.08. The summed E-state index contributed by atoms with van der Waals surface area (Å²) in [7, 11) is 0. The molecule has 0 saturated carbocycles. The maximum atomic E-state index is 10.9. The van der Waals surface area contributed by atoms with Gasteiger partial charge in [0.05, 0.1) is 17.9 Å². The van der Waals surface area contributed by atoms with Crippen LogP contribution in [0.3, 0.4) is 0 Å². The topological polar surface area (TPSA) is 68.0 Å². The summed E-state index contributed by atoms with van der Waals surface area (Å²) in [5.41, 5.74) is 4.15. The van der Waals surface area contributed by atoms with Crippen molar-refractivity contribution in [3.8, 4) is 0 Å². The number of aromatic carboxylic acids is 1. The van der Waals surface area contributed by atoms with Crippen LogP contribution in [0.2, 0.25) is 0 Å². The first kappa shape index (κ1) is 13.3. The molecular formula is C14H17N3O2. The Labute approximate surface area is 111 Å². The number of carboxylic acids is 1. The van der Waals surface area contributed by atoms with Gasteiger partial charge in [-0.15, -0.1) is 0 Å². The van der Waals surface area contributed by atoms with Crippen LogP contribution in [-0.4, -0.2) is 25.8 Å². The van der Waals surface area contributed by atoms with E-state index in [9.17, 15) is 4.79 Å². The van der Waals surface area contributed by atoms with Crippen LogP contribution in [0.15, 0.2) is 18.2 Å². The van der Waals surface area contributed by atoms with Crippen LogP contribution >= 0.6 is 0 Å². The van der Waals surface area contributed by atoms with E-state index in [4.69, 9.17) is 5.11 Å². The third-order valence-corrected chi connectivity index (χ3v) is 3.22. The zero-order valence-corrected chi connectivity index (χ0v) is 11.3. The summed E-state index contributed by atoms with van der Waals surface area (Å²) in [5, 5.41) is 13.4. The van der Waals surface area contributed by atoms with E-state index in [1.54, 1.807) is 6.07 Å². The average Bonchev–Trinajstić information content (AvgIpc) is 2.64. The second kappa shape index (κ2) is 5.22. The summed E-state index contributed by atoms with van der Waals surface area (Å²) in [6.07, 6.45) is 0.945. The Kier molecular flexibility index (Phi) is 3.64. The highest BCUT2D eigenvalue weighted by atomic mass is 16.4. The van der Waals surface area contributed by atoms with Crippen molar-refractivity contribution in [2.75, 3.05) is 0 Å². The highest BCUT2D eigenvalue weighted by Crippen LogP contribution is 2.14. The van der Waals surface area contributed by atoms with Crippen molar-refractivity contribution in [3.63, 3.8) is 0 Å². The van der Waals surface area contributed by atoms with E-state index in [-0.39, 0.29) is 5.69 Å². The zero-order valence-electron chi connectivity index (χ0n) is 11.3. The molecule has 0 bridgehead atoms. The van der Waals surface area contributed by atoms with E-state index in [0.717, 1.165) is 17.8 Å². The number of carbonyl (C=O) groups is 1. The molecule has 2 aromatic rings. The Morgan fingerprint density at radius 2 is 2.11 bits per heavy atom. The largest absolute Gasteiger partial charge is 0.477 e. The summed E-state index contributed by atoms with van der Waals surface area (Å²) < 4.78 is 1.88. The zero-order chi connectivity index (χ0) is 14.0. The van der Waals surface area contributed by atoms with Crippen molar-refractivity contribution >= 4 is 5.97 Å².